The van der Waals surface area contributed by atoms with Crippen LogP contribution < -0.4 is 10.3 Å². The van der Waals surface area contributed by atoms with Gasteiger partial charge in [0.25, 0.3) is 0 Å². The lowest BCUT2D eigenvalue weighted by Gasteiger charge is -2.21. The first kappa shape index (κ1) is 13.0. The van der Waals surface area contributed by atoms with E-state index in [1.807, 2.05) is 48.5 Å². The quantitative estimate of drug-likeness (QED) is 0.847. The van der Waals surface area contributed by atoms with Gasteiger partial charge >= 0.3 is 0 Å². The molecule has 94 valence electrons. The van der Waals surface area contributed by atoms with Crippen molar-refractivity contribution in [3.63, 3.8) is 0 Å². The number of aliphatic imine (C=N–C) groups is 1. The SMILES string of the molecule is CSC1=NNC=N/C1=C(\Cl)N(C)c1ccccc1. The van der Waals surface area contributed by atoms with E-state index in [-0.39, 0.29) is 0 Å². The second-order valence-corrected chi connectivity index (χ2v) is 4.70. The molecule has 0 aromatic heterocycles. The highest BCUT2D eigenvalue weighted by Gasteiger charge is 2.17. The Balaban J connectivity index is 2.35. The van der Waals surface area contributed by atoms with Gasteiger partial charge in [-0.15, -0.1) is 11.8 Å². The van der Waals surface area contributed by atoms with E-state index in [0.717, 1.165) is 10.7 Å². The molecule has 0 radical (unpaired) electrons. The van der Waals surface area contributed by atoms with Crippen LogP contribution in [-0.2, 0) is 0 Å². The van der Waals surface area contributed by atoms with Gasteiger partial charge in [0.15, 0.2) is 0 Å². The van der Waals surface area contributed by atoms with Crippen LogP contribution in [0.5, 0.6) is 0 Å². The summed E-state index contributed by atoms with van der Waals surface area (Å²) in [6.07, 6.45) is 3.46. The molecule has 6 heteroatoms. The van der Waals surface area contributed by atoms with Crippen LogP contribution in [0.15, 0.2) is 51.3 Å². The summed E-state index contributed by atoms with van der Waals surface area (Å²) in [5.74, 6) is 0. The molecule has 1 heterocycles. The summed E-state index contributed by atoms with van der Waals surface area (Å²) in [6, 6.07) is 9.88. The number of hydrazone groups is 1. The molecule has 1 aliphatic heterocycles. The summed E-state index contributed by atoms with van der Waals surface area (Å²) in [5, 5.41) is 5.45. The van der Waals surface area contributed by atoms with Crippen LogP contribution in [0.3, 0.4) is 0 Å². The van der Waals surface area contributed by atoms with Crippen LogP contribution in [0.4, 0.5) is 5.69 Å². The first-order chi connectivity index (χ1) is 8.74. The van der Waals surface area contributed by atoms with E-state index in [1.165, 1.54) is 18.1 Å². The van der Waals surface area contributed by atoms with Crippen molar-refractivity contribution in [2.45, 2.75) is 0 Å². The number of para-hydroxylation sites is 1. The Hall–Kier alpha value is -1.46. The molecule has 1 aliphatic rings. The van der Waals surface area contributed by atoms with Crippen molar-refractivity contribution >= 4 is 40.4 Å². The first-order valence-corrected chi connectivity index (χ1v) is 6.93. The van der Waals surface area contributed by atoms with Gasteiger partial charge in [-0.3, -0.25) is 5.43 Å². The minimum Gasteiger partial charge on any atom is -0.333 e. The van der Waals surface area contributed by atoms with Crippen molar-refractivity contribution in [2.24, 2.45) is 10.1 Å². The average Bonchev–Trinajstić information content (AvgIpc) is 2.46. The van der Waals surface area contributed by atoms with Crippen LogP contribution in [0, 0.1) is 0 Å². The van der Waals surface area contributed by atoms with Gasteiger partial charge in [-0.05, 0) is 18.4 Å². The fourth-order valence-corrected chi connectivity index (χ4v) is 2.28. The molecule has 0 saturated heterocycles. The molecule has 4 nitrogen and oxygen atoms in total. The minimum absolute atomic E-state index is 0.548. The lowest BCUT2D eigenvalue weighted by atomic mass is 10.3. The molecule has 0 unspecified atom stereocenters. The maximum atomic E-state index is 6.39. The molecule has 1 N–H and O–H groups in total. The topological polar surface area (TPSA) is 40.0 Å². The zero-order chi connectivity index (χ0) is 13.0. The summed E-state index contributed by atoms with van der Waals surface area (Å²) in [6.45, 7) is 0. The molecule has 0 fully saturated rings. The van der Waals surface area contributed by atoms with Gasteiger partial charge in [0.2, 0.25) is 0 Å². The summed E-state index contributed by atoms with van der Waals surface area (Å²) in [4.78, 5) is 6.13. The van der Waals surface area contributed by atoms with Crippen LogP contribution in [0.25, 0.3) is 0 Å². The summed E-state index contributed by atoms with van der Waals surface area (Å²) in [7, 11) is 1.90. The van der Waals surface area contributed by atoms with E-state index in [1.54, 1.807) is 0 Å². The van der Waals surface area contributed by atoms with Crippen LogP contribution in [0.1, 0.15) is 0 Å². The predicted molar refractivity (Wildman–Crippen MR) is 80.3 cm³/mol. The lowest BCUT2D eigenvalue weighted by Crippen LogP contribution is -2.20. The Kier molecular flexibility index (Phi) is 4.28. The number of anilines is 1. The molecule has 18 heavy (non-hydrogen) atoms. The van der Waals surface area contributed by atoms with Crippen LogP contribution in [-0.4, -0.2) is 24.7 Å². The number of benzene rings is 1. The average molecular weight is 281 g/mol. The molecule has 2 rings (SSSR count). The van der Waals surface area contributed by atoms with Crippen LogP contribution >= 0.6 is 23.4 Å². The summed E-state index contributed by atoms with van der Waals surface area (Å²) < 4.78 is 0. The first-order valence-electron chi connectivity index (χ1n) is 5.32. The maximum absolute atomic E-state index is 6.39. The van der Waals surface area contributed by atoms with E-state index in [4.69, 9.17) is 11.6 Å². The number of nitrogens with one attached hydrogen (secondary N) is 1. The van der Waals surface area contributed by atoms with E-state index in [9.17, 15) is 0 Å². The molecule has 0 bridgehead atoms. The largest absolute Gasteiger partial charge is 0.333 e. The number of hydrogen-bond acceptors (Lipinski definition) is 5. The fraction of sp³-hybridized carbons (Fsp3) is 0.167. The standard InChI is InChI=1S/C12H13ClN4S/c1-17(9-6-4-3-5-7-9)11(13)10-12(18-2)16-15-8-14-10/h3-8H,1-2H3,(H,14,15)/b11-10+. The van der Waals surface area contributed by atoms with Crippen molar-refractivity contribution in [1.29, 1.82) is 0 Å². The smallest absolute Gasteiger partial charge is 0.145 e. The third kappa shape index (κ3) is 2.68. The molecule has 1 aromatic carbocycles. The van der Waals surface area contributed by atoms with Gasteiger partial charge in [0, 0.05) is 12.7 Å². The van der Waals surface area contributed by atoms with Gasteiger partial charge in [-0.25, -0.2) is 4.99 Å². The van der Waals surface area contributed by atoms with Crippen molar-refractivity contribution < 1.29 is 0 Å². The van der Waals surface area contributed by atoms with E-state index in [0.29, 0.717) is 10.9 Å². The van der Waals surface area contributed by atoms with Crippen molar-refractivity contribution in [3.8, 4) is 0 Å². The van der Waals surface area contributed by atoms with Gasteiger partial charge < -0.3 is 4.90 Å². The fourth-order valence-electron chi connectivity index (χ4n) is 1.50. The normalized spacial score (nSPS) is 16.9. The second kappa shape index (κ2) is 5.93. The van der Waals surface area contributed by atoms with Crippen molar-refractivity contribution in [2.75, 3.05) is 18.2 Å². The molecule has 0 spiro atoms. The number of nitrogens with zero attached hydrogens (tertiary/aromatic N) is 3. The Morgan fingerprint density at radius 3 is 2.72 bits per heavy atom. The molecular formula is C12H13ClN4S. The zero-order valence-corrected chi connectivity index (χ0v) is 11.7. The Morgan fingerprint density at radius 1 is 1.33 bits per heavy atom. The highest BCUT2D eigenvalue weighted by molar-refractivity contribution is 8.13. The van der Waals surface area contributed by atoms with Crippen molar-refractivity contribution in [3.05, 3.63) is 41.2 Å². The minimum atomic E-state index is 0.548. The molecule has 0 amide bonds. The Morgan fingerprint density at radius 2 is 2.06 bits per heavy atom. The number of halogens is 1. The second-order valence-electron chi connectivity index (χ2n) is 3.54. The Bertz CT molecular complexity index is 510. The van der Waals surface area contributed by atoms with Gasteiger partial charge in [0.1, 0.15) is 22.2 Å². The maximum Gasteiger partial charge on any atom is 0.145 e. The van der Waals surface area contributed by atoms with Gasteiger partial charge in [-0.2, -0.15) is 5.10 Å². The monoisotopic (exact) mass is 280 g/mol. The van der Waals surface area contributed by atoms with E-state index in [2.05, 4.69) is 15.5 Å². The molecule has 0 aliphatic carbocycles. The molecular weight excluding hydrogens is 268 g/mol. The Labute approximate surface area is 115 Å². The highest BCUT2D eigenvalue weighted by Crippen LogP contribution is 2.26. The number of thioether (sulfide) groups is 1. The highest BCUT2D eigenvalue weighted by atomic mass is 35.5. The number of hydrogen-bond donors (Lipinski definition) is 1. The third-order valence-corrected chi connectivity index (χ3v) is 3.55. The molecule has 0 atom stereocenters. The van der Waals surface area contributed by atoms with Crippen molar-refractivity contribution in [1.82, 2.24) is 5.43 Å². The summed E-state index contributed by atoms with van der Waals surface area (Å²) >= 11 is 7.89. The predicted octanol–water partition coefficient (Wildman–Crippen LogP) is 2.84. The zero-order valence-electron chi connectivity index (χ0n) is 10.1. The lowest BCUT2D eigenvalue weighted by molar-refractivity contribution is 1.02. The van der Waals surface area contributed by atoms with Gasteiger partial charge in [-0.1, -0.05) is 29.8 Å². The third-order valence-electron chi connectivity index (χ3n) is 2.45. The van der Waals surface area contributed by atoms with Gasteiger partial charge in [0.05, 0.1) is 0 Å². The van der Waals surface area contributed by atoms with E-state index >= 15 is 0 Å². The van der Waals surface area contributed by atoms with E-state index < -0.39 is 0 Å². The molecule has 0 saturated carbocycles. The van der Waals surface area contributed by atoms with Crippen LogP contribution in [0.2, 0.25) is 0 Å². The molecule has 1 aromatic rings. The number of rotatable bonds is 2. The summed E-state index contributed by atoms with van der Waals surface area (Å²) in [5.41, 5.74) is 4.39.